The van der Waals surface area contributed by atoms with Crippen LogP contribution in [0.15, 0.2) is 30.6 Å². The van der Waals surface area contributed by atoms with E-state index in [1.165, 1.54) is 12.4 Å². The van der Waals surface area contributed by atoms with Crippen LogP contribution in [0.2, 0.25) is 0 Å². The van der Waals surface area contributed by atoms with Crippen LogP contribution in [0.25, 0.3) is 0 Å². The molecule has 0 radical (unpaired) electrons. The third kappa shape index (κ3) is 2.71. The molecule has 0 aliphatic heterocycles. The van der Waals surface area contributed by atoms with Gasteiger partial charge >= 0.3 is 0 Å². The third-order valence-corrected chi connectivity index (χ3v) is 2.59. The van der Waals surface area contributed by atoms with Crippen LogP contribution in [0.1, 0.15) is 10.4 Å². The maximum absolute atomic E-state index is 13.4. The van der Waals surface area contributed by atoms with Crippen LogP contribution in [0.4, 0.5) is 24.5 Å². The van der Waals surface area contributed by atoms with E-state index >= 15 is 0 Å². The molecule has 1 heterocycles. The predicted molar refractivity (Wildman–Crippen MR) is 68.1 cm³/mol. The number of halogens is 3. The zero-order valence-electron chi connectivity index (χ0n) is 10.4. The maximum Gasteiger partial charge on any atom is 0.259 e. The fourth-order valence-corrected chi connectivity index (χ4v) is 1.60. The second kappa shape index (κ2) is 5.60. The van der Waals surface area contributed by atoms with Crippen LogP contribution in [-0.4, -0.2) is 17.9 Å². The van der Waals surface area contributed by atoms with Crippen molar-refractivity contribution in [2.24, 2.45) is 0 Å². The fraction of sp³-hybridized carbons (Fsp3) is 0.0769. The van der Waals surface area contributed by atoms with Crippen molar-refractivity contribution in [3.05, 3.63) is 53.6 Å². The second-order valence-corrected chi connectivity index (χ2v) is 3.87. The van der Waals surface area contributed by atoms with Crippen molar-refractivity contribution >= 4 is 17.3 Å². The van der Waals surface area contributed by atoms with Gasteiger partial charge in [0.25, 0.3) is 5.91 Å². The lowest BCUT2D eigenvalue weighted by Crippen LogP contribution is -2.15. The van der Waals surface area contributed by atoms with E-state index in [4.69, 9.17) is 0 Å². The summed E-state index contributed by atoms with van der Waals surface area (Å²) in [5.41, 5.74) is 0.180. The molecule has 0 fully saturated rings. The molecule has 0 saturated heterocycles. The van der Waals surface area contributed by atoms with E-state index in [9.17, 15) is 18.0 Å². The number of aromatic nitrogens is 1. The summed E-state index contributed by atoms with van der Waals surface area (Å²) < 4.78 is 39.3. The molecule has 0 aliphatic rings. The highest BCUT2D eigenvalue weighted by molar-refractivity contribution is 6.07. The summed E-state index contributed by atoms with van der Waals surface area (Å²) in [6.07, 6.45) is 2.75. The molecular weight excluding hydrogens is 271 g/mol. The highest BCUT2D eigenvalue weighted by Crippen LogP contribution is 2.20. The van der Waals surface area contributed by atoms with Gasteiger partial charge in [-0.3, -0.25) is 9.78 Å². The number of carbonyl (C=O) groups is 1. The average Bonchev–Trinajstić information content (AvgIpc) is 2.44. The number of hydrogen-bond acceptors (Lipinski definition) is 3. The Labute approximate surface area is 112 Å². The number of pyridine rings is 1. The molecule has 0 aliphatic carbocycles. The molecular formula is C13H10F3N3O. The molecule has 0 saturated carbocycles. The average molecular weight is 281 g/mol. The first-order chi connectivity index (χ1) is 9.52. The normalized spacial score (nSPS) is 10.2. The van der Waals surface area contributed by atoms with Crippen LogP contribution in [0.3, 0.4) is 0 Å². The van der Waals surface area contributed by atoms with Crippen LogP contribution in [0.5, 0.6) is 0 Å². The van der Waals surface area contributed by atoms with Crippen LogP contribution in [-0.2, 0) is 0 Å². The number of anilines is 2. The molecule has 1 aromatic carbocycles. The number of hydrogen-bond donors (Lipinski definition) is 2. The summed E-state index contributed by atoms with van der Waals surface area (Å²) in [5.74, 6) is -4.32. The molecule has 0 unspecified atom stereocenters. The van der Waals surface area contributed by atoms with Crippen molar-refractivity contribution in [2.75, 3.05) is 17.7 Å². The van der Waals surface area contributed by atoms with Gasteiger partial charge in [-0.05, 0) is 6.07 Å². The van der Waals surface area contributed by atoms with Gasteiger partial charge in [-0.25, -0.2) is 13.2 Å². The molecule has 20 heavy (non-hydrogen) atoms. The molecule has 2 rings (SSSR count). The lowest BCUT2D eigenvalue weighted by Gasteiger charge is -2.10. The van der Waals surface area contributed by atoms with Crippen LogP contribution >= 0.6 is 0 Å². The van der Waals surface area contributed by atoms with Crippen molar-refractivity contribution in [1.82, 2.24) is 4.98 Å². The van der Waals surface area contributed by atoms with Gasteiger partial charge in [0.05, 0.1) is 11.3 Å². The summed E-state index contributed by atoms with van der Waals surface area (Å²) in [6.45, 7) is 0. The minimum Gasteiger partial charge on any atom is -0.387 e. The molecule has 1 aromatic heterocycles. The molecule has 1 amide bonds. The molecule has 104 valence electrons. The van der Waals surface area contributed by atoms with Gasteiger partial charge in [0, 0.05) is 37.3 Å². The van der Waals surface area contributed by atoms with Crippen molar-refractivity contribution in [3.63, 3.8) is 0 Å². The largest absolute Gasteiger partial charge is 0.387 e. The van der Waals surface area contributed by atoms with E-state index in [-0.39, 0.29) is 5.56 Å². The van der Waals surface area contributed by atoms with Crippen molar-refractivity contribution in [2.45, 2.75) is 0 Å². The zero-order chi connectivity index (χ0) is 14.7. The standard InChI is InChI=1S/C13H10F3N3O/c1-17-11-2-3-18-6-7(11)13(20)19-12-5-9(15)8(14)4-10(12)16/h2-6H,1H3,(H,17,18)(H,19,20). The summed E-state index contributed by atoms with van der Waals surface area (Å²) in [6, 6.07) is 2.50. The quantitative estimate of drug-likeness (QED) is 0.851. The maximum atomic E-state index is 13.4. The topological polar surface area (TPSA) is 54.0 Å². The fourth-order valence-electron chi connectivity index (χ4n) is 1.60. The Bertz CT molecular complexity index is 661. The summed E-state index contributed by atoms with van der Waals surface area (Å²) >= 11 is 0. The van der Waals surface area contributed by atoms with E-state index < -0.39 is 29.0 Å². The van der Waals surface area contributed by atoms with Gasteiger partial charge < -0.3 is 10.6 Å². The van der Waals surface area contributed by atoms with Gasteiger partial charge in [-0.15, -0.1) is 0 Å². The van der Waals surface area contributed by atoms with Gasteiger partial charge in [0.1, 0.15) is 5.82 Å². The molecule has 0 atom stereocenters. The summed E-state index contributed by atoms with van der Waals surface area (Å²) in [5, 5.41) is 4.94. The second-order valence-electron chi connectivity index (χ2n) is 3.87. The highest BCUT2D eigenvalue weighted by atomic mass is 19.2. The van der Waals surface area contributed by atoms with E-state index in [1.807, 2.05) is 0 Å². The van der Waals surface area contributed by atoms with Gasteiger partial charge in [0.15, 0.2) is 11.6 Å². The van der Waals surface area contributed by atoms with E-state index in [2.05, 4.69) is 15.6 Å². The summed E-state index contributed by atoms with van der Waals surface area (Å²) in [4.78, 5) is 15.7. The van der Waals surface area contributed by atoms with E-state index in [0.717, 1.165) is 0 Å². The smallest absolute Gasteiger partial charge is 0.259 e. The van der Waals surface area contributed by atoms with E-state index in [1.54, 1.807) is 13.1 Å². The minimum absolute atomic E-state index is 0.152. The van der Waals surface area contributed by atoms with Crippen molar-refractivity contribution in [3.8, 4) is 0 Å². The lowest BCUT2D eigenvalue weighted by atomic mass is 10.2. The molecule has 0 spiro atoms. The first-order valence-electron chi connectivity index (χ1n) is 5.60. The van der Waals surface area contributed by atoms with Gasteiger partial charge in [-0.2, -0.15) is 0 Å². The SMILES string of the molecule is CNc1ccncc1C(=O)Nc1cc(F)c(F)cc1F. The minimum atomic E-state index is -1.32. The lowest BCUT2D eigenvalue weighted by molar-refractivity contribution is 0.102. The predicted octanol–water partition coefficient (Wildman–Crippen LogP) is 2.79. The number of nitrogens with zero attached hydrogens (tertiary/aromatic N) is 1. The third-order valence-electron chi connectivity index (χ3n) is 2.59. The Morgan fingerprint density at radius 2 is 1.80 bits per heavy atom. The molecule has 2 N–H and O–H groups in total. The van der Waals surface area contributed by atoms with Crippen LogP contribution < -0.4 is 10.6 Å². The molecule has 4 nitrogen and oxygen atoms in total. The number of carbonyl (C=O) groups excluding carboxylic acids is 1. The van der Waals surface area contributed by atoms with Crippen LogP contribution in [0, 0.1) is 17.5 Å². The number of nitrogens with one attached hydrogen (secondary N) is 2. The van der Waals surface area contributed by atoms with Gasteiger partial charge in [0.2, 0.25) is 0 Å². The van der Waals surface area contributed by atoms with Crippen molar-refractivity contribution < 1.29 is 18.0 Å². The molecule has 0 bridgehead atoms. The Morgan fingerprint density at radius 3 is 2.50 bits per heavy atom. The Hall–Kier alpha value is -2.57. The zero-order valence-corrected chi connectivity index (χ0v) is 10.4. The first-order valence-corrected chi connectivity index (χ1v) is 5.60. The number of amides is 1. The van der Waals surface area contributed by atoms with Crippen molar-refractivity contribution in [1.29, 1.82) is 0 Å². The monoisotopic (exact) mass is 281 g/mol. The first kappa shape index (κ1) is 13.9. The van der Waals surface area contributed by atoms with E-state index in [0.29, 0.717) is 17.8 Å². The Balaban J connectivity index is 2.30. The molecule has 2 aromatic rings. The molecule has 7 heteroatoms. The Morgan fingerprint density at radius 1 is 1.10 bits per heavy atom. The van der Waals surface area contributed by atoms with Gasteiger partial charge in [-0.1, -0.05) is 0 Å². The highest BCUT2D eigenvalue weighted by Gasteiger charge is 2.15. The number of rotatable bonds is 3. The summed E-state index contributed by atoms with van der Waals surface area (Å²) in [7, 11) is 1.60. The number of benzene rings is 1. The Kier molecular flexibility index (Phi) is 3.88.